The van der Waals surface area contributed by atoms with E-state index in [1.165, 1.54) is 0 Å². The summed E-state index contributed by atoms with van der Waals surface area (Å²) < 4.78 is 24.0. The van der Waals surface area contributed by atoms with Gasteiger partial charge in [-0.05, 0) is 38.0 Å². The molecule has 0 bridgehead atoms. The molecule has 2 heterocycles. The summed E-state index contributed by atoms with van der Waals surface area (Å²) in [7, 11) is -3.28. The van der Waals surface area contributed by atoms with Crippen molar-refractivity contribution < 1.29 is 23.1 Å². The summed E-state index contributed by atoms with van der Waals surface area (Å²) in [6.45, 7) is 1.10. The van der Waals surface area contributed by atoms with E-state index in [1.807, 2.05) is 0 Å². The van der Waals surface area contributed by atoms with Gasteiger partial charge in [-0.1, -0.05) is 6.42 Å². The maximum Gasteiger partial charge on any atom is 0.303 e. The zero-order valence-electron chi connectivity index (χ0n) is 12.2. The minimum absolute atomic E-state index is 0.123. The lowest BCUT2D eigenvalue weighted by atomic mass is 9.92. The van der Waals surface area contributed by atoms with Crippen molar-refractivity contribution in [2.45, 2.75) is 50.2 Å². The third-order valence-corrected chi connectivity index (χ3v) is 6.71. The molecule has 1 amide bonds. The molecule has 2 aliphatic heterocycles. The average molecular weight is 317 g/mol. The van der Waals surface area contributed by atoms with Crippen LogP contribution in [-0.2, 0) is 19.4 Å². The molecule has 120 valence electrons. The first-order valence-corrected chi connectivity index (χ1v) is 9.34. The number of hydrogen-bond donors (Lipinski definition) is 1. The summed E-state index contributed by atoms with van der Waals surface area (Å²) in [5, 5.41) is 7.84. The van der Waals surface area contributed by atoms with Crippen LogP contribution in [0.3, 0.4) is 0 Å². The largest absolute Gasteiger partial charge is 0.481 e. The number of hydrogen-bond acceptors (Lipinski definition) is 4. The highest BCUT2D eigenvalue weighted by Crippen LogP contribution is 2.26. The fourth-order valence-electron chi connectivity index (χ4n) is 3.21. The van der Waals surface area contributed by atoms with Gasteiger partial charge >= 0.3 is 5.97 Å². The van der Waals surface area contributed by atoms with Gasteiger partial charge in [-0.2, -0.15) is 0 Å². The fourth-order valence-corrected chi connectivity index (χ4v) is 5.08. The van der Waals surface area contributed by atoms with Gasteiger partial charge in [0.15, 0.2) is 9.84 Å². The Labute approximate surface area is 125 Å². The van der Waals surface area contributed by atoms with Crippen LogP contribution in [0, 0.1) is 5.92 Å². The predicted octanol–water partition coefficient (Wildman–Crippen LogP) is 1.06. The quantitative estimate of drug-likeness (QED) is 0.837. The van der Waals surface area contributed by atoms with Crippen LogP contribution >= 0.6 is 0 Å². The van der Waals surface area contributed by atoms with Gasteiger partial charge in [0.25, 0.3) is 0 Å². The van der Waals surface area contributed by atoms with E-state index >= 15 is 0 Å². The molecule has 0 aromatic heterocycles. The molecule has 21 heavy (non-hydrogen) atoms. The normalized spacial score (nSPS) is 26.5. The molecule has 6 nitrogen and oxygen atoms in total. The fraction of sp³-hybridized carbons (Fsp3) is 0.857. The molecule has 0 aliphatic carbocycles. The summed E-state index contributed by atoms with van der Waals surface area (Å²) in [5.74, 6) is -0.584. The molecule has 2 saturated heterocycles. The van der Waals surface area contributed by atoms with Gasteiger partial charge in [0.2, 0.25) is 5.91 Å². The summed E-state index contributed by atoms with van der Waals surface area (Å²) in [4.78, 5) is 24.6. The van der Waals surface area contributed by atoms with Crippen LogP contribution in [0.1, 0.15) is 44.9 Å². The first-order chi connectivity index (χ1) is 9.90. The lowest BCUT2D eigenvalue weighted by molar-refractivity contribution is -0.138. The standard InChI is InChI=1S/C14H23NO5S/c16-13(17)5-4-11-6-8-15(9-7-11)14(18)12-3-1-2-10-21(12,19)20/h11-12H,1-10H2,(H,16,17). The third-order valence-electron chi connectivity index (χ3n) is 4.55. The van der Waals surface area contributed by atoms with Crippen LogP contribution in [-0.4, -0.2) is 54.4 Å². The summed E-state index contributed by atoms with van der Waals surface area (Å²) in [6, 6.07) is 0. The number of aliphatic carboxylic acids is 1. The molecule has 0 aromatic carbocycles. The van der Waals surface area contributed by atoms with Crippen molar-refractivity contribution >= 4 is 21.7 Å². The van der Waals surface area contributed by atoms with Crippen molar-refractivity contribution in [3.63, 3.8) is 0 Å². The number of likely N-dealkylation sites (tertiary alicyclic amines) is 1. The molecule has 1 unspecified atom stereocenters. The average Bonchev–Trinajstić information content (AvgIpc) is 2.44. The zero-order valence-corrected chi connectivity index (χ0v) is 13.0. The Kier molecular flexibility index (Phi) is 5.24. The van der Waals surface area contributed by atoms with Gasteiger partial charge in [-0.25, -0.2) is 8.42 Å². The Hall–Kier alpha value is -1.11. The van der Waals surface area contributed by atoms with Crippen LogP contribution in [0.15, 0.2) is 0 Å². The Morgan fingerprint density at radius 2 is 1.76 bits per heavy atom. The molecule has 0 saturated carbocycles. The first-order valence-electron chi connectivity index (χ1n) is 7.62. The Morgan fingerprint density at radius 3 is 2.33 bits per heavy atom. The molecular formula is C14H23NO5S. The van der Waals surface area contributed by atoms with Gasteiger partial charge in [0, 0.05) is 19.5 Å². The van der Waals surface area contributed by atoms with Crippen molar-refractivity contribution in [2.75, 3.05) is 18.8 Å². The number of carbonyl (C=O) groups is 2. The molecule has 2 rings (SSSR count). The SMILES string of the molecule is O=C(O)CCC1CCN(C(=O)C2CCCCS2(=O)=O)CC1. The molecule has 0 spiro atoms. The molecule has 0 aromatic rings. The van der Waals surface area contributed by atoms with E-state index in [9.17, 15) is 18.0 Å². The minimum Gasteiger partial charge on any atom is -0.481 e. The summed E-state index contributed by atoms with van der Waals surface area (Å²) in [6.07, 6.45) is 4.24. The van der Waals surface area contributed by atoms with Gasteiger partial charge < -0.3 is 10.0 Å². The Morgan fingerprint density at radius 1 is 1.10 bits per heavy atom. The topological polar surface area (TPSA) is 91.8 Å². The molecule has 2 fully saturated rings. The van der Waals surface area contributed by atoms with E-state index in [1.54, 1.807) is 4.90 Å². The maximum atomic E-state index is 12.4. The summed E-state index contributed by atoms with van der Waals surface area (Å²) >= 11 is 0. The highest BCUT2D eigenvalue weighted by atomic mass is 32.2. The Bertz CT molecular complexity index is 493. The van der Waals surface area contributed by atoms with Crippen LogP contribution in [0.4, 0.5) is 0 Å². The number of sulfone groups is 1. The highest BCUT2D eigenvalue weighted by Gasteiger charge is 2.38. The van der Waals surface area contributed by atoms with Crippen molar-refractivity contribution in [2.24, 2.45) is 5.92 Å². The first kappa shape index (κ1) is 16.3. The van der Waals surface area contributed by atoms with Crippen LogP contribution in [0.5, 0.6) is 0 Å². The van der Waals surface area contributed by atoms with Crippen LogP contribution in [0.2, 0.25) is 0 Å². The monoisotopic (exact) mass is 317 g/mol. The second-order valence-corrected chi connectivity index (χ2v) is 8.36. The van der Waals surface area contributed by atoms with Crippen molar-refractivity contribution in [1.82, 2.24) is 4.90 Å². The van der Waals surface area contributed by atoms with Gasteiger partial charge in [0.05, 0.1) is 5.75 Å². The number of carboxylic acid groups (broad SMARTS) is 1. The molecular weight excluding hydrogens is 294 g/mol. The lowest BCUT2D eigenvalue weighted by Crippen LogP contribution is -2.48. The number of carboxylic acids is 1. The second kappa shape index (κ2) is 6.77. The number of rotatable bonds is 4. The smallest absolute Gasteiger partial charge is 0.303 e. The van der Waals surface area contributed by atoms with E-state index in [2.05, 4.69) is 0 Å². The number of piperidine rings is 1. The van der Waals surface area contributed by atoms with Crippen molar-refractivity contribution in [1.29, 1.82) is 0 Å². The van der Waals surface area contributed by atoms with Gasteiger partial charge in [-0.3, -0.25) is 9.59 Å². The molecule has 7 heteroatoms. The summed E-state index contributed by atoms with van der Waals surface area (Å²) in [5.41, 5.74) is 0. The number of carbonyl (C=O) groups excluding carboxylic acids is 1. The van der Waals surface area contributed by atoms with Gasteiger partial charge in [0.1, 0.15) is 5.25 Å². The van der Waals surface area contributed by atoms with Crippen molar-refractivity contribution in [3.05, 3.63) is 0 Å². The number of amides is 1. The lowest BCUT2D eigenvalue weighted by Gasteiger charge is -2.34. The predicted molar refractivity (Wildman–Crippen MR) is 77.6 cm³/mol. The van der Waals surface area contributed by atoms with Crippen molar-refractivity contribution in [3.8, 4) is 0 Å². The van der Waals surface area contributed by atoms with E-state index in [0.717, 1.165) is 19.3 Å². The minimum atomic E-state index is -3.28. The van der Waals surface area contributed by atoms with Gasteiger partial charge in [-0.15, -0.1) is 0 Å². The third kappa shape index (κ3) is 4.18. The number of nitrogens with zero attached hydrogens (tertiary/aromatic N) is 1. The van der Waals surface area contributed by atoms with E-state index in [0.29, 0.717) is 38.3 Å². The van der Waals surface area contributed by atoms with Crippen LogP contribution < -0.4 is 0 Å². The molecule has 1 N–H and O–H groups in total. The van der Waals surface area contributed by atoms with Crippen LogP contribution in [0.25, 0.3) is 0 Å². The molecule has 2 aliphatic rings. The molecule has 1 atom stereocenters. The van der Waals surface area contributed by atoms with E-state index in [4.69, 9.17) is 5.11 Å². The Balaban J connectivity index is 1.87. The molecule has 0 radical (unpaired) electrons. The van der Waals surface area contributed by atoms with E-state index < -0.39 is 21.1 Å². The van der Waals surface area contributed by atoms with E-state index in [-0.39, 0.29) is 18.1 Å². The zero-order chi connectivity index (χ0) is 15.5. The second-order valence-electron chi connectivity index (χ2n) is 6.05. The maximum absolute atomic E-state index is 12.4. The highest BCUT2D eigenvalue weighted by molar-refractivity contribution is 7.92.